The van der Waals surface area contributed by atoms with E-state index in [-0.39, 0.29) is 6.09 Å². The average molecular weight is 351 g/mol. The van der Waals surface area contributed by atoms with Crippen LogP contribution in [0, 0.1) is 0 Å². The molecule has 0 N–H and O–H groups in total. The first-order chi connectivity index (χ1) is 12.3. The lowest BCUT2D eigenvalue weighted by Crippen LogP contribution is -2.41. The quantitative estimate of drug-likeness (QED) is 0.777. The van der Waals surface area contributed by atoms with Crippen molar-refractivity contribution in [3.05, 3.63) is 54.1 Å². The molecule has 0 radical (unpaired) electrons. The third kappa shape index (κ3) is 2.79. The van der Waals surface area contributed by atoms with Crippen molar-refractivity contribution in [3.8, 4) is 5.75 Å². The summed E-state index contributed by atoms with van der Waals surface area (Å²) in [4.78, 5) is 13.9. The van der Waals surface area contributed by atoms with Gasteiger partial charge in [0.2, 0.25) is 0 Å². The van der Waals surface area contributed by atoms with Crippen molar-refractivity contribution in [2.75, 3.05) is 4.90 Å². The second-order valence-corrected chi connectivity index (χ2v) is 7.75. The molecule has 2 aliphatic heterocycles. The van der Waals surface area contributed by atoms with Crippen LogP contribution in [0.2, 0.25) is 0 Å². The molecule has 1 fully saturated rings. The summed E-state index contributed by atoms with van der Waals surface area (Å²) in [6, 6.07) is 15.2. The van der Waals surface area contributed by atoms with Gasteiger partial charge in [0.05, 0.1) is 17.7 Å². The Kier molecular flexibility index (Phi) is 3.86. The summed E-state index contributed by atoms with van der Waals surface area (Å²) in [6.07, 6.45) is -0.368. The second-order valence-electron chi connectivity index (χ2n) is 7.75. The van der Waals surface area contributed by atoms with Gasteiger partial charge in [-0.2, -0.15) is 0 Å². The SMILES string of the molecule is CC1(C)OB(c2ccc3c(c2)CN(c2ccccc2)C(=O)O3)OC1(C)C. The van der Waals surface area contributed by atoms with Gasteiger partial charge in [-0.1, -0.05) is 30.3 Å². The minimum Gasteiger partial charge on any atom is -0.410 e. The van der Waals surface area contributed by atoms with Crippen LogP contribution in [-0.4, -0.2) is 24.4 Å². The van der Waals surface area contributed by atoms with Crippen LogP contribution in [0.4, 0.5) is 10.5 Å². The maximum absolute atomic E-state index is 12.3. The lowest BCUT2D eigenvalue weighted by Gasteiger charge is -2.32. The largest absolute Gasteiger partial charge is 0.494 e. The van der Waals surface area contributed by atoms with Crippen molar-refractivity contribution < 1.29 is 18.8 Å². The van der Waals surface area contributed by atoms with Crippen LogP contribution in [-0.2, 0) is 15.9 Å². The van der Waals surface area contributed by atoms with Crippen molar-refractivity contribution in [2.24, 2.45) is 0 Å². The number of ether oxygens (including phenoxy) is 1. The third-order valence-electron chi connectivity index (χ3n) is 5.42. The molecule has 0 atom stereocenters. The van der Waals surface area contributed by atoms with Crippen molar-refractivity contribution in [2.45, 2.75) is 45.4 Å². The maximum Gasteiger partial charge on any atom is 0.494 e. The Hall–Kier alpha value is -2.31. The first kappa shape index (κ1) is 17.1. The van der Waals surface area contributed by atoms with E-state index in [1.165, 1.54) is 0 Å². The highest BCUT2D eigenvalue weighted by molar-refractivity contribution is 6.62. The number of carbonyl (C=O) groups is 1. The zero-order valence-electron chi connectivity index (χ0n) is 15.5. The molecule has 1 amide bonds. The van der Waals surface area contributed by atoms with Gasteiger partial charge in [-0.25, -0.2) is 4.79 Å². The predicted octanol–water partition coefficient (Wildman–Crippen LogP) is 3.50. The van der Waals surface area contributed by atoms with Gasteiger partial charge in [0.1, 0.15) is 5.75 Å². The van der Waals surface area contributed by atoms with Gasteiger partial charge in [0.25, 0.3) is 0 Å². The zero-order valence-corrected chi connectivity index (χ0v) is 15.5. The minimum atomic E-state index is -0.437. The number of benzene rings is 2. The molecular weight excluding hydrogens is 329 g/mol. The van der Waals surface area contributed by atoms with Crippen LogP contribution in [0.5, 0.6) is 5.75 Å². The number of hydrogen-bond acceptors (Lipinski definition) is 4. The topological polar surface area (TPSA) is 48.0 Å². The fourth-order valence-electron chi connectivity index (χ4n) is 3.14. The summed E-state index contributed by atoms with van der Waals surface area (Å²) in [6.45, 7) is 8.58. The van der Waals surface area contributed by atoms with Crippen LogP contribution in [0.15, 0.2) is 48.5 Å². The van der Waals surface area contributed by atoms with Gasteiger partial charge in [0.15, 0.2) is 0 Å². The van der Waals surface area contributed by atoms with Crippen molar-refractivity contribution in [1.29, 1.82) is 0 Å². The lowest BCUT2D eigenvalue weighted by atomic mass is 9.78. The Morgan fingerprint density at radius 2 is 1.62 bits per heavy atom. The van der Waals surface area contributed by atoms with Gasteiger partial charge in [0, 0.05) is 11.3 Å². The summed E-state index contributed by atoms with van der Waals surface area (Å²) < 4.78 is 17.8. The smallest absolute Gasteiger partial charge is 0.410 e. The number of carbonyl (C=O) groups excluding carboxylic acids is 1. The molecule has 5 nitrogen and oxygen atoms in total. The van der Waals surface area contributed by atoms with Crippen LogP contribution >= 0.6 is 0 Å². The van der Waals surface area contributed by atoms with Gasteiger partial charge in [-0.3, -0.25) is 4.90 Å². The average Bonchev–Trinajstić information content (AvgIpc) is 2.82. The highest BCUT2D eigenvalue weighted by atomic mass is 16.7. The van der Waals surface area contributed by atoms with Crippen LogP contribution in [0.1, 0.15) is 33.3 Å². The van der Waals surface area contributed by atoms with Gasteiger partial charge in [-0.15, -0.1) is 0 Å². The molecule has 26 heavy (non-hydrogen) atoms. The van der Waals surface area contributed by atoms with E-state index in [0.717, 1.165) is 16.7 Å². The second kappa shape index (κ2) is 5.86. The molecular formula is C20H22BNO4. The Morgan fingerprint density at radius 1 is 0.962 bits per heavy atom. The van der Waals surface area contributed by atoms with E-state index in [1.807, 2.05) is 76.2 Å². The van der Waals surface area contributed by atoms with Gasteiger partial charge in [-0.05, 0) is 51.4 Å². The standard InChI is InChI=1S/C20H22BNO4/c1-19(2)20(3,4)26-21(25-19)15-10-11-17-14(12-15)13-22(18(23)24-17)16-8-6-5-7-9-16/h5-12H,13H2,1-4H3. The molecule has 2 aromatic carbocycles. The molecule has 0 aliphatic carbocycles. The molecule has 4 rings (SSSR count). The van der Waals surface area contributed by atoms with E-state index in [4.69, 9.17) is 14.0 Å². The molecule has 0 spiro atoms. The Bertz CT molecular complexity index is 834. The Labute approximate surface area is 154 Å². The molecule has 1 saturated heterocycles. The number of hydrogen-bond donors (Lipinski definition) is 0. The first-order valence-corrected chi connectivity index (χ1v) is 8.80. The van der Waals surface area contributed by atoms with E-state index in [2.05, 4.69) is 0 Å². The Balaban J connectivity index is 1.63. The number of fused-ring (bicyclic) bond motifs is 1. The Morgan fingerprint density at radius 3 is 2.27 bits per heavy atom. The maximum atomic E-state index is 12.3. The van der Waals surface area contributed by atoms with E-state index < -0.39 is 18.3 Å². The first-order valence-electron chi connectivity index (χ1n) is 8.80. The lowest BCUT2D eigenvalue weighted by molar-refractivity contribution is 0.00578. The summed E-state index contributed by atoms with van der Waals surface area (Å²) >= 11 is 0. The van der Waals surface area contributed by atoms with Crippen molar-refractivity contribution in [3.63, 3.8) is 0 Å². The fraction of sp³-hybridized carbons (Fsp3) is 0.350. The normalized spacial score (nSPS) is 20.7. The van der Waals surface area contributed by atoms with Gasteiger partial charge >= 0.3 is 13.2 Å². The number of nitrogens with zero attached hydrogens (tertiary/aromatic N) is 1. The number of anilines is 1. The van der Waals surface area contributed by atoms with E-state index in [1.54, 1.807) is 4.90 Å². The number of amides is 1. The van der Waals surface area contributed by atoms with E-state index in [0.29, 0.717) is 12.3 Å². The van der Waals surface area contributed by atoms with Crippen molar-refractivity contribution in [1.82, 2.24) is 0 Å². The molecule has 6 heteroatoms. The molecule has 2 aliphatic rings. The minimum absolute atomic E-state index is 0.368. The molecule has 0 unspecified atom stereocenters. The van der Waals surface area contributed by atoms with Crippen LogP contribution in [0.25, 0.3) is 0 Å². The molecule has 134 valence electrons. The zero-order chi connectivity index (χ0) is 18.5. The summed E-state index contributed by atoms with van der Waals surface area (Å²) in [7, 11) is -0.437. The fourth-order valence-corrected chi connectivity index (χ4v) is 3.14. The van der Waals surface area contributed by atoms with Crippen LogP contribution < -0.4 is 15.1 Å². The van der Waals surface area contributed by atoms with Crippen LogP contribution in [0.3, 0.4) is 0 Å². The highest BCUT2D eigenvalue weighted by Gasteiger charge is 2.51. The molecule has 0 saturated carbocycles. The molecule has 0 aromatic heterocycles. The van der Waals surface area contributed by atoms with E-state index in [9.17, 15) is 4.79 Å². The molecule has 2 heterocycles. The third-order valence-corrected chi connectivity index (χ3v) is 5.42. The summed E-state index contributed by atoms with van der Waals surface area (Å²) in [5.74, 6) is 0.586. The summed E-state index contributed by atoms with van der Waals surface area (Å²) in [5.41, 5.74) is 1.88. The molecule has 0 bridgehead atoms. The molecule has 2 aromatic rings. The van der Waals surface area contributed by atoms with Gasteiger partial charge < -0.3 is 14.0 Å². The highest BCUT2D eigenvalue weighted by Crippen LogP contribution is 2.37. The summed E-state index contributed by atoms with van der Waals surface area (Å²) in [5, 5.41) is 0. The monoisotopic (exact) mass is 351 g/mol. The van der Waals surface area contributed by atoms with Crippen molar-refractivity contribution >= 4 is 24.4 Å². The number of rotatable bonds is 2. The predicted molar refractivity (Wildman–Crippen MR) is 101 cm³/mol. The van der Waals surface area contributed by atoms with E-state index >= 15 is 0 Å². The number of para-hydroxylation sites is 1.